The van der Waals surface area contributed by atoms with Gasteiger partial charge in [-0.2, -0.15) is 0 Å². The van der Waals surface area contributed by atoms with Gasteiger partial charge in [-0.15, -0.1) is 0 Å². The predicted molar refractivity (Wildman–Crippen MR) is 53.9 cm³/mol. The number of fused-ring (bicyclic) bond motifs is 2. The molecule has 0 N–H and O–H groups in total. The molecule has 0 radical (unpaired) electrons. The molecule has 1 amide bonds. The van der Waals surface area contributed by atoms with Gasteiger partial charge in [0.25, 0.3) is 0 Å². The van der Waals surface area contributed by atoms with E-state index in [-0.39, 0.29) is 18.0 Å². The molecule has 0 spiro atoms. The van der Waals surface area contributed by atoms with E-state index in [4.69, 9.17) is 9.47 Å². The fourth-order valence-electron chi connectivity index (χ4n) is 2.57. The van der Waals surface area contributed by atoms with E-state index in [9.17, 15) is 9.59 Å². The van der Waals surface area contributed by atoms with Gasteiger partial charge in [-0.3, -0.25) is 9.69 Å². The van der Waals surface area contributed by atoms with Gasteiger partial charge in [-0.1, -0.05) is 6.08 Å². The lowest BCUT2D eigenvalue weighted by atomic mass is 10.00. The molecule has 86 valence electrons. The molecule has 16 heavy (non-hydrogen) atoms. The van der Waals surface area contributed by atoms with Gasteiger partial charge < -0.3 is 9.47 Å². The number of hydrogen-bond donors (Lipinski definition) is 0. The topological polar surface area (TPSA) is 55.8 Å². The Hall–Kier alpha value is -1.36. The summed E-state index contributed by atoms with van der Waals surface area (Å²) in [6, 6.07) is -0.483. The number of carbonyl (C=O) groups excluding carboxylic acids is 2. The number of hydrogen-bond acceptors (Lipinski definition) is 4. The van der Waals surface area contributed by atoms with Crippen molar-refractivity contribution in [1.29, 1.82) is 0 Å². The highest BCUT2D eigenvalue weighted by Gasteiger charge is 2.47. The summed E-state index contributed by atoms with van der Waals surface area (Å²) < 4.78 is 10.5. The number of cyclic esters (lactones) is 1. The van der Waals surface area contributed by atoms with Crippen LogP contribution in [-0.2, 0) is 14.3 Å². The molecule has 2 bridgehead atoms. The summed E-state index contributed by atoms with van der Waals surface area (Å²) in [6.45, 7) is 2.80. The summed E-state index contributed by atoms with van der Waals surface area (Å²) >= 11 is 0. The van der Waals surface area contributed by atoms with E-state index in [0.29, 0.717) is 19.6 Å². The monoisotopic (exact) mass is 223 g/mol. The zero-order valence-corrected chi connectivity index (χ0v) is 9.01. The predicted octanol–water partition coefficient (Wildman–Crippen LogP) is 0.494. The van der Waals surface area contributed by atoms with Crippen molar-refractivity contribution >= 4 is 11.9 Å². The summed E-state index contributed by atoms with van der Waals surface area (Å²) in [6.07, 6.45) is 1.56. The highest BCUT2D eigenvalue weighted by atomic mass is 16.6. The van der Waals surface area contributed by atoms with Crippen LogP contribution in [0.3, 0.4) is 0 Å². The van der Waals surface area contributed by atoms with Crippen molar-refractivity contribution in [2.24, 2.45) is 0 Å². The quantitative estimate of drug-likeness (QED) is 0.607. The van der Waals surface area contributed by atoms with E-state index in [1.165, 1.54) is 4.90 Å². The van der Waals surface area contributed by atoms with E-state index in [1.54, 1.807) is 0 Å². The maximum Gasteiger partial charge on any atom is 0.410 e. The van der Waals surface area contributed by atoms with Gasteiger partial charge in [-0.25, -0.2) is 4.79 Å². The van der Waals surface area contributed by atoms with Crippen LogP contribution in [0.1, 0.15) is 13.3 Å². The molecule has 2 fully saturated rings. The van der Waals surface area contributed by atoms with Crippen LogP contribution in [0.25, 0.3) is 0 Å². The number of nitrogens with zero attached hydrogens (tertiary/aromatic N) is 1. The summed E-state index contributed by atoms with van der Waals surface area (Å²) in [5, 5.41) is 0. The van der Waals surface area contributed by atoms with Gasteiger partial charge in [0.05, 0.1) is 12.6 Å². The van der Waals surface area contributed by atoms with Crippen molar-refractivity contribution in [1.82, 2.24) is 4.90 Å². The summed E-state index contributed by atoms with van der Waals surface area (Å²) in [5.74, 6) is 0.0770. The van der Waals surface area contributed by atoms with E-state index < -0.39 is 12.1 Å². The number of rotatable bonds is 1. The molecule has 5 heteroatoms. The highest BCUT2D eigenvalue weighted by Crippen LogP contribution is 2.33. The maximum atomic E-state index is 12.0. The number of carbonyl (C=O) groups is 2. The van der Waals surface area contributed by atoms with Crippen LogP contribution in [0.2, 0.25) is 0 Å². The van der Waals surface area contributed by atoms with Crippen LogP contribution in [0.5, 0.6) is 0 Å². The van der Waals surface area contributed by atoms with Crippen molar-refractivity contribution in [3.05, 3.63) is 11.6 Å². The van der Waals surface area contributed by atoms with Crippen LogP contribution >= 0.6 is 0 Å². The molecule has 0 saturated carbocycles. The molecule has 1 unspecified atom stereocenters. The first kappa shape index (κ1) is 9.84. The largest absolute Gasteiger partial charge is 0.448 e. The van der Waals surface area contributed by atoms with Gasteiger partial charge in [0.2, 0.25) is 0 Å². The lowest BCUT2D eigenvalue weighted by molar-refractivity contribution is -0.137. The molecule has 3 heterocycles. The van der Waals surface area contributed by atoms with Crippen LogP contribution in [0.4, 0.5) is 4.79 Å². The Balaban J connectivity index is 1.89. The average molecular weight is 223 g/mol. The molecule has 3 aliphatic heterocycles. The molecule has 2 saturated heterocycles. The number of Topliss-reactive ketones (excluding diaryl/α,β-unsaturated/α-hetero) is 1. The normalized spacial score (nSPS) is 37.7. The second-order valence-corrected chi connectivity index (χ2v) is 4.42. The van der Waals surface area contributed by atoms with Crippen LogP contribution in [-0.4, -0.2) is 48.2 Å². The fourth-order valence-corrected chi connectivity index (χ4v) is 2.57. The second-order valence-electron chi connectivity index (χ2n) is 4.42. The first-order valence-electron chi connectivity index (χ1n) is 5.46. The van der Waals surface area contributed by atoms with Crippen molar-refractivity contribution in [3.8, 4) is 0 Å². The standard InChI is InChI=1S/C11H13NO4/c1-6-4-9-10(7(13)5-8(6)16-9)12-2-3-15-11(12)14/h4,8-10H,2-3,5H2,1H3/t8-,9-,10?/m0/s1. The number of ether oxygens (including phenoxy) is 2. The van der Waals surface area contributed by atoms with Crippen LogP contribution in [0.15, 0.2) is 11.6 Å². The van der Waals surface area contributed by atoms with Crippen LogP contribution < -0.4 is 0 Å². The van der Waals surface area contributed by atoms with E-state index >= 15 is 0 Å². The second kappa shape index (κ2) is 3.31. The molecule has 0 aromatic heterocycles. The van der Waals surface area contributed by atoms with Gasteiger partial charge in [0.15, 0.2) is 5.78 Å². The molecule has 3 aliphatic rings. The van der Waals surface area contributed by atoms with Crippen molar-refractivity contribution in [2.45, 2.75) is 31.6 Å². The molecular weight excluding hydrogens is 210 g/mol. The van der Waals surface area contributed by atoms with Crippen molar-refractivity contribution in [2.75, 3.05) is 13.2 Å². The molecular formula is C11H13NO4. The summed E-state index contributed by atoms with van der Waals surface area (Å²) in [4.78, 5) is 24.9. The molecule has 0 aliphatic carbocycles. The molecule has 3 atom stereocenters. The van der Waals surface area contributed by atoms with Gasteiger partial charge in [0.1, 0.15) is 18.8 Å². The first-order valence-corrected chi connectivity index (χ1v) is 5.46. The minimum Gasteiger partial charge on any atom is -0.448 e. The van der Waals surface area contributed by atoms with E-state index in [2.05, 4.69) is 0 Å². The first-order chi connectivity index (χ1) is 7.66. The zero-order chi connectivity index (χ0) is 11.3. The third-order valence-electron chi connectivity index (χ3n) is 3.41. The summed E-state index contributed by atoms with van der Waals surface area (Å²) in [7, 11) is 0. The van der Waals surface area contributed by atoms with Crippen molar-refractivity contribution < 1.29 is 19.1 Å². The number of ketones is 1. The third-order valence-corrected chi connectivity index (χ3v) is 3.41. The molecule has 0 aromatic rings. The Kier molecular flexibility index (Phi) is 2.04. The van der Waals surface area contributed by atoms with E-state index in [0.717, 1.165) is 5.57 Å². The Morgan fingerprint density at radius 1 is 1.44 bits per heavy atom. The molecule has 3 rings (SSSR count). The van der Waals surface area contributed by atoms with Gasteiger partial charge in [0, 0.05) is 6.42 Å². The lowest BCUT2D eigenvalue weighted by Gasteiger charge is -2.33. The number of amides is 1. The SMILES string of the molecule is CC1=C[C@@H]2O[C@H]1CC(=O)C2N1CCOC1=O. The minimum atomic E-state index is -0.483. The minimum absolute atomic E-state index is 0.0765. The lowest BCUT2D eigenvalue weighted by Crippen LogP contribution is -2.52. The van der Waals surface area contributed by atoms with Gasteiger partial charge >= 0.3 is 6.09 Å². The van der Waals surface area contributed by atoms with E-state index in [1.807, 2.05) is 13.0 Å². The maximum absolute atomic E-state index is 12.0. The summed E-state index contributed by atoms with van der Waals surface area (Å²) in [5.41, 5.74) is 1.09. The van der Waals surface area contributed by atoms with Crippen LogP contribution in [0, 0.1) is 0 Å². The Bertz CT molecular complexity index is 389. The highest BCUT2D eigenvalue weighted by molar-refractivity contribution is 5.90. The fraction of sp³-hybridized carbons (Fsp3) is 0.636. The smallest absolute Gasteiger partial charge is 0.410 e. The molecule has 5 nitrogen and oxygen atoms in total. The van der Waals surface area contributed by atoms with Crippen molar-refractivity contribution in [3.63, 3.8) is 0 Å². The Morgan fingerprint density at radius 3 is 2.94 bits per heavy atom. The zero-order valence-electron chi connectivity index (χ0n) is 9.01. The average Bonchev–Trinajstić information content (AvgIpc) is 2.75. The van der Waals surface area contributed by atoms with Gasteiger partial charge in [-0.05, 0) is 12.5 Å². The Labute approximate surface area is 93.0 Å². The molecule has 0 aromatic carbocycles. The Morgan fingerprint density at radius 2 is 2.25 bits per heavy atom. The third kappa shape index (κ3) is 1.28.